The summed E-state index contributed by atoms with van der Waals surface area (Å²) in [5.74, 6) is -0.186. The van der Waals surface area contributed by atoms with Gasteiger partial charge in [-0.15, -0.1) is 0 Å². The smallest absolute Gasteiger partial charge is 0.255 e. The van der Waals surface area contributed by atoms with Gasteiger partial charge < -0.3 is 11.1 Å². The summed E-state index contributed by atoms with van der Waals surface area (Å²) >= 11 is 0. The number of benzene rings is 2. The number of carbonyl (C=O) groups excluding carboxylic acids is 1. The molecule has 0 aliphatic heterocycles. The molecule has 3 N–H and O–H groups in total. The van der Waals surface area contributed by atoms with Crippen molar-refractivity contribution in [2.75, 3.05) is 11.1 Å². The van der Waals surface area contributed by atoms with E-state index in [-0.39, 0.29) is 5.91 Å². The molecule has 2 aromatic carbocycles. The zero-order valence-electron chi connectivity index (χ0n) is 10.7. The third kappa shape index (κ3) is 2.31. The number of pyridine rings is 1. The lowest BCUT2D eigenvalue weighted by Gasteiger charge is -2.08. The molecule has 1 heterocycles. The highest BCUT2D eigenvalue weighted by molar-refractivity contribution is 6.08. The van der Waals surface area contributed by atoms with Crippen LogP contribution in [0.5, 0.6) is 0 Å². The SMILES string of the molecule is Nc1cc(C(=O)Nc2ccncc2)cc2ccccc12. The lowest BCUT2D eigenvalue weighted by atomic mass is 10.0. The van der Waals surface area contributed by atoms with Gasteiger partial charge in [0.15, 0.2) is 0 Å². The van der Waals surface area contributed by atoms with E-state index in [2.05, 4.69) is 10.3 Å². The summed E-state index contributed by atoms with van der Waals surface area (Å²) in [6, 6.07) is 14.7. The van der Waals surface area contributed by atoms with Gasteiger partial charge in [0.05, 0.1) is 0 Å². The molecule has 3 rings (SSSR count). The molecule has 0 fully saturated rings. The van der Waals surface area contributed by atoms with Crippen LogP contribution in [0.2, 0.25) is 0 Å². The summed E-state index contributed by atoms with van der Waals surface area (Å²) in [5, 5.41) is 4.72. The summed E-state index contributed by atoms with van der Waals surface area (Å²) in [7, 11) is 0. The van der Waals surface area contributed by atoms with Crippen LogP contribution in [0.25, 0.3) is 10.8 Å². The highest BCUT2D eigenvalue weighted by Crippen LogP contribution is 2.23. The Morgan fingerprint density at radius 1 is 1.05 bits per heavy atom. The Hall–Kier alpha value is -2.88. The number of nitrogen functional groups attached to an aromatic ring is 1. The zero-order valence-corrected chi connectivity index (χ0v) is 10.7. The minimum absolute atomic E-state index is 0.186. The van der Waals surface area contributed by atoms with E-state index >= 15 is 0 Å². The van der Waals surface area contributed by atoms with Crippen LogP contribution in [0, 0.1) is 0 Å². The molecule has 1 amide bonds. The van der Waals surface area contributed by atoms with Crippen LogP contribution in [0.4, 0.5) is 11.4 Å². The third-order valence-electron chi connectivity index (χ3n) is 3.09. The minimum Gasteiger partial charge on any atom is -0.398 e. The quantitative estimate of drug-likeness (QED) is 0.698. The van der Waals surface area contributed by atoms with E-state index in [1.54, 1.807) is 30.6 Å². The number of hydrogen-bond donors (Lipinski definition) is 2. The Morgan fingerprint density at radius 2 is 1.80 bits per heavy atom. The van der Waals surface area contributed by atoms with E-state index in [9.17, 15) is 4.79 Å². The molecule has 4 heteroatoms. The Labute approximate surface area is 116 Å². The van der Waals surface area contributed by atoms with Gasteiger partial charge in [0, 0.05) is 34.7 Å². The Morgan fingerprint density at radius 3 is 2.60 bits per heavy atom. The number of nitrogens with two attached hydrogens (primary N) is 1. The second kappa shape index (κ2) is 5.01. The van der Waals surface area contributed by atoms with Gasteiger partial charge >= 0.3 is 0 Å². The number of nitrogens with zero attached hydrogens (tertiary/aromatic N) is 1. The number of rotatable bonds is 2. The van der Waals surface area contributed by atoms with Crippen LogP contribution in [0.1, 0.15) is 10.4 Å². The first-order chi connectivity index (χ1) is 9.74. The van der Waals surface area contributed by atoms with Gasteiger partial charge in [-0.25, -0.2) is 0 Å². The van der Waals surface area contributed by atoms with Crippen molar-refractivity contribution in [1.29, 1.82) is 0 Å². The highest BCUT2D eigenvalue weighted by Gasteiger charge is 2.09. The van der Waals surface area contributed by atoms with Crippen molar-refractivity contribution in [3.05, 3.63) is 66.5 Å². The molecule has 4 nitrogen and oxygen atoms in total. The second-order valence-corrected chi connectivity index (χ2v) is 4.48. The van der Waals surface area contributed by atoms with Crippen LogP contribution in [0.15, 0.2) is 60.9 Å². The second-order valence-electron chi connectivity index (χ2n) is 4.48. The van der Waals surface area contributed by atoms with Crippen LogP contribution in [0.3, 0.4) is 0 Å². The number of hydrogen-bond acceptors (Lipinski definition) is 3. The standard InChI is InChI=1S/C16H13N3O/c17-15-10-12(9-11-3-1-2-4-14(11)15)16(20)19-13-5-7-18-8-6-13/h1-10H,17H2,(H,18,19,20). The van der Waals surface area contributed by atoms with Gasteiger partial charge in [-0.3, -0.25) is 9.78 Å². The number of nitrogens with one attached hydrogen (secondary N) is 1. The van der Waals surface area contributed by atoms with Crippen molar-refractivity contribution in [3.8, 4) is 0 Å². The summed E-state index contributed by atoms with van der Waals surface area (Å²) in [4.78, 5) is 16.1. The molecule has 20 heavy (non-hydrogen) atoms. The molecule has 0 saturated carbocycles. The largest absolute Gasteiger partial charge is 0.398 e. The molecule has 0 unspecified atom stereocenters. The maximum atomic E-state index is 12.2. The lowest BCUT2D eigenvalue weighted by Crippen LogP contribution is -2.12. The summed E-state index contributed by atoms with van der Waals surface area (Å²) in [6.07, 6.45) is 3.26. The maximum absolute atomic E-state index is 12.2. The first-order valence-corrected chi connectivity index (χ1v) is 6.24. The number of fused-ring (bicyclic) bond motifs is 1. The molecule has 0 saturated heterocycles. The van der Waals surface area contributed by atoms with Gasteiger partial charge in [0.25, 0.3) is 5.91 Å². The molecule has 3 aromatic rings. The van der Waals surface area contributed by atoms with Crippen LogP contribution in [-0.2, 0) is 0 Å². The Kier molecular flexibility index (Phi) is 3.05. The highest BCUT2D eigenvalue weighted by atomic mass is 16.1. The predicted molar refractivity (Wildman–Crippen MR) is 80.6 cm³/mol. The molecule has 0 aliphatic rings. The predicted octanol–water partition coefficient (Wildman–Crippen LogP) is 3.07. The number of amides is 1. The minimum atomic E-state index is -0.186. The topological polar surface area (TPSA) is 68.0 Å². The van der Waals surface area contributed by atoms with Crippen molar-refractivity contribution in [2.24, 2.45) is 0 Å². The average Bonchev–Trinajstić information content (AvgIpc) is 2.48. The fourth-order valence-corrected chi connectivity index (χ4v) is 2.11. The van der Waals surface area contributed by atoms with Crippen molar-refractivity contribution < 1.29 is 4.79 Å². The van der Waals surface area contributed by atoms with Gasteiger partial charge in [0.1, 0.15) is 0 Å². The lowest BCUT2D eigenvalue weighted by molar-refractivity contribution is 0.102. The van der Waals surface area contributed by atoms with E-state index in [4.69, 9.17) is 5.73 Å². The summed E-state index contributed by atoms with van der Waals surface area (Å²) < 4.78 is 0. The van der Waals surface area contributed by atoms with Crippen molar-refractivity contribution in [3.63, 3.8) is 0 Å². The fraction of sp³-hybridized carbons (Fsp3) is 0. The molecule has 0 radical (unpaired) electrons. The van der Waals surface area contributed by atoms with E-state index < -0.39 is 0 Å². The first kappa shape index (κ1) is 12.2. The van der Waals surface area contributed by atoms with E-state index in [1.165, 1.54) is 0 Å². The molecule has 0 bridgehead atoms. The van der Waals surface area contributed by atoms with Crippen molar-refractivity contribution >= 4 is 28.1 Å². The third-order valence-corrected chi connectivity index (χ3v) is 3.09. The Balaban J connectivity index is 1.96. The van der Waals surface area contributed by atoms with Crippen molar-refractivity contribution in [2.45, 2.75) is 0 Å². The Bertz CT molecular complexity index is 769. The van der Waals surface area contributed by atoms with E-state index in [0.29, 0.717) is 16.9 Å². The number of anilines is 2. The van der Waals surface area contributed by atoms with Crippen molar-refractivity contribution in [1.82, 2.24) is 4.98 Å². The molecule has 0 spiro atoms. The van der Waals surface area contributed by atoms with Crippen LogP contribution in [-0.4, -0.2) is 10.9 Å². The molecular formula is C16H13N3O. The summed E-state index contributed by atoms with van der Waals surface area (Å²) in [5.41, 5.74) is 7.84. The summed E-state index contributed by atoms with van der Waals surface area (Å²) in [6.45, 7) is 0. The fourth-order valence-electron chi connectivity index (χ4n) is 2.11. The van der Waals surface area contributed by atoms with Crippen LogP contribution < -0.4 is 11.1 Å². The number of aromatic nitrogens is 1. The van der Waals surface area contributed by atoms with Crippen LogP contribution >= 0.6 is 0 Å². The molecular weight excluding hydrogens is 250 g/mol. The zero-order chi connectivity index (χ0) is 13.9. The molecule has 1 aromatic heterocycles. The molecule has 98 valence electrons. The number of carbonyl (C=O) groups is 1. The average molecular weight is 263 g/mol. The monoisotopic (exact) mass is 263 g/mol. The molecule has 0 atom stereocenters. The maximum Gasteiger partial charge on any atom is 0.255 e. The van der Waals surface area contributed by atoms with Gasteiger partial charge in [0.2, 0.25) is 0 Å². The molecule has 0 aliphatic carbocycles. The normalized spacial score (nSPS) is 10.4. The van der Waals surface area contributed by atoms with Gasteiger partial charge in [-0.05, 0) is 29.7 Å². The first-order valence-electron chi connectivity index (χ1n) is 6.24. The van der Waals surface area contributed by atoms with Gasteiger partial charge in [-0.2, -0.15) is 0 Å². The van der Waals surface area contributed by atoms with Gasteiger partial charge in [-0.1, -0.05) is 24.3 Å². The van der Waals surface area contributed by atoms with E-state index in [0.717, 1.165) is 10.8 Å². The van der Waals surface area contributed by atoms with E-state index in [1.807, 2.05) is 30.3 Å².